The van der Waals surface area contributed by atoms with Gasteiger partial charge in [0.1, 0.15) is 17.2 Å². The molecule has 130 valence electrons. The molecule has 1 aliphatic heterocycles. The fraction of sp³-hybridized carbons (Fsp3) is 0.389. The summed E-state index contributed by atoms with van der Waals surface area (Å²) in [5.74, 6) is 2.74. The Balaban J connectivity index is 1.53. The van der Waals surface area contributed by atoms with Crippen molar-refractivity contribution in [2.75, 3.05) is 55.0 Å². The summed E-state index contributed by atoms with van der Waals surface area (Å²) in [7, 11) is 3.93. The van der Waals surface area contributed by atoms with Crippen LogP contribution in [0.2, 0.25) is 0 Å². The van der Waals surface area contributed by atoms with E-state index in [0.29, 0.717) is 0 Å². The molecule has 1 saturated heterocycles. The lowest BCUT2D eigenvalue weighted by Crippen LogP contribution is -2.47. The van der Waals surface area contributed by atoms with Crippen LogP contribution in [-0.2, 0) is 0 Å². The molecule has 0 unspecified atom stereocenters. The maximum atomic E-state index is 5.49. The number of aromatic nitrogens is 3. The zero-order chi connectivity index (χ0) is 17.4. The van der Waals surface area contributed by atoms with Crippen molar-refractivity contribution < 1.29 is 4.42 Å². The Morgan fingerprint density at radius 2 is 1.80 bits per heavy atom. The number of fused-ring (bicyclic) bond motifs is 1. The molecule has 0 amide bonds. The lowest BCUT2D eigenvalue weighted by atomic mass is 10.2. The molecule has 3 aromatic heterocycles. The topological polar surface area (TPSA) is 61.5 Å². The van der Waals surface area contributed by atoms with Crippen molar-refractivity contribution in [1.29, 1.82) is 0 Å². The Bertz CT molecular complexity index is 882. The van der Waals surface area contributed by atoms with E-state index in [1.165, 1.54) is 0 Å². The fourth-order valence-electron chi connectivity index (χ4n) is 3.18. The summed E-state index contributed by atoms with van der Waals surface area (Å²) < 4.78 is 5.49. The summed E-state index contributed by atoms with van der Waals surface area (Å²) in [6.45, 7) is 5.62. The molecule has 7 heteroatoms. The number of rotatable bonds is 3. The van der Waals surface area contributed by atoms with Crippen molar-refractivity contribution in [2.45, 2.75) is 6.92 Å². The van der Waals surface area contributed by atoms with Crippen molar-refractivity contribution >= 4 is 28.6 Å². The van der Waals surface area contributed by atoms with Crippen LogP contribution in [0.4, 0.5) is 17.6 Å². The second-order valence-corrected chi connectivity index (χ2v) is 6.50. The summed E-state index contributed by atoms with van der Waals surface area (Å²) in [5, 5.41) is 1.07. The van der Waals surface area contributed by atoms with Gasteiger partial charge >= 0.3 is 0 Å². The van der Waals surface area contributed by atoms with Gasteiger partial charge in [0.05, 0.1) is 11.6 Å². The maximum Gasteiger partial charge on any atom is 0.226 e. The predicted molar refractivity (Wildman–Crippen MR) is 99.5 cm³/mol. The molecule has 1 fully saturated rings. The van der Waals surface area contributed by atoms with Crippen LogP contribution in [0.3, 0.4) is 0 Å². The number of aryl methyl sites for hydroxylation is 1. The molecule has 0 bridgehead atoms. The maximum absolute atomic E-state index is 5.49. The number of pyridine rings is 1. The first kappa shape index (κ1) is 15.7. The molecule has 0 aromatic carbocycles. The highest BCUT2D eigenvalue weighted by Crippen LogP contribution is 2.27. The molecule has 0 atom stereocenters. The molecule has 25 heavy (non-hydrogen) atoms. The molecule has 3 aromatic rings. The van der Waals surface area contributed by atoms with E-state index in [1.54, 1.807) is 6.26 Å². The first-order valence-electron chi connectivity index (χ1n) is 8.47. The highest BCUT2D eigenvalue weighted by atomic mass is 16.3. The zero-order valence-corrected chi connectivity index (χ0v) is 14.8. The minimum absolute atomic E-state index is 0.752. The van der Waals surface area contributed by atoms with Crippen LogP contribution in [0.1, 0.15) is 5.69 Å². The number of furan rings is 1. The molecular formula is C18H22N6O. The molecule has 0 aliphatic carbocycles. The number of nitrogens with zero attached hydrogens (tertiary/aromatic N) is 6. The van der Waals surface area contributed by atoms with E-state index in [1.807, 2.05) is 44.2 Å². The van der Waals surface area contributed by atoms with E-state index in [0.717, 1.165) is 60.4 Å². The second-order valence-electron chi connectivity index (χ2n) is 6.50. The van der Waals surface area contributed by atoms with Crippen LogP contribution >= 0.6 is 0 Å². The SMILES string of the molecule is Cc1cc(N2CCN(c3nccc4occc34)CC2)nc(N(C)C)n1. The highest BCUT2D eigenvalue weighted by Gasteiger charge is 2.22. The standard InChI is InChI=1S/C18H22N6O/c1-13-12-16(21-18(20-13)22(2)3)23-7-9-24(10-8-23)17-14-5-11-25-15(14)4-6-19-17/h4-6,11-12H,7-10H2,1-3H3. The van der Waals surface area contributed by atoms with Crippen LogP contribution in [0.5, 0.6) is 0 Å². The molecule has 4 rings (SSSR count). The van der Waals surface area contributed by atoms with Crippen molar-refractivity contribution in [3.8, 4) is 0 Å². The first-order valence-corrected chi connectivity index (χ1v) is 8.47. The monoisotopic (exact) mass is 338 g/mol. The fourth-order valence-corrected chi connectivity index (χ4v) is 3.18. The Kier molecular flexibility index (Phi) is 3.91. The predicted octanol–water partition coefficient (Wildman–Crippen LogP) is 2.32. The Labute approximate surface area is 146 Å². The Morgan fingerprint density at radius 1 is 1.04 bits per heavy atom. The molecule has 0 radical (unpaired) electrons. The normalized spacial score (nSPS) is 15.0. The van der Waals surface area contributed by atoms with E-state index in [2.05, 4.69) is 30.8 Å². The van der Waals surface area contributed by atoms with Gasteiger partial charge in [-0.3, -0.25) is 0 Å². The van der Waals surface area contributed by atoms with Crippen molar-refractivity contribution in [3.63, 3.8) is 0 Å². The molecule has 7 nitrogen and oxygen atoms in total. The van der Waals surface area contributed by atoms with Gasteiger partial charge in [0.15, 0.2) is 0 Å². The van der Waals surface area contributed by atoms with Crippen molar-refractivity contribution in [1.82, 2.24) is 15.0 Å². The number of hydrogen-bond acceptors (Lipinski definition) is 7. The number of piperazine rings is 1. The Morgan fingerprint density at radius 3 is 2.56 bits per heavy atom. The Hall–Kier alpha value is -2.83. The van der Waals surface area contributed by atoms with Gasteiger partial charge in [0, 0.05) is 58.2 Å². The summed E-state index contributed by atoms with van der Waals surface area (Å²) in [5.41, 5.74) is 1.87. The molecule has 4 heterocycles. The van der Waals surface area contributed by atoms with Crippen LogP contribution in [0, 0.1) is 6.92 Å². The lowest BCUT2D eigenvalue weighted by Gasteiger charge is -2.36. The smallest absolute Gasteiger partial charge is 0.226 e. The van der Waals surface area contributed by atoms with E-state index >= 15 is 0 Å². The van der Waals surface area contributed by atoms with Crippen LogP contribution in [-0.4, -0.2) is 55.2 Å². The van der Waals surface area contributed by atoms with Crippen LogP contribution in [0.15, 0.2) is 35.1 Å². The minimum Gasteiger partial charge on any atom is -0.464 e. The van der Waals surface area contributed by atoms with Gasteiger partial charge in [0.25, 0.3) is 0 Å². The zero-order valence-electron chi connectivity index (χ0n) is 14.8. The van der Waals surface area contributed by atoms with Gasteiger partial charge in [-0.2, -0.15) is 4.98 Å². The van der Waals surface area contributed by atoms with E-state index in [-0.39, 0.29) is 0 Å². The number of anilines is 3. The number of hydrogen-bond donors (Lipinski definition) is 0. The van der Waals surface area contributed by atoms with E-state index < -0.39 is 0 Å². The molecular weight excluding hydrogens is 316 g/mol. The quantitative estimate of drug-likeness (QED) is 0.726. The van der Waals surface area contributed by atoms with E-state index in [9.17, 15) is 0 Å². The summed E-state index contributed by atoms with van der Waals surface area (Å²) in [6.07, 6.45) is 3.53. The van der Waals surface area contributed by atoms with Crippen molar-refractivity contribution in [3.05, 3.63) is 36.4 Å². The van der Waals surface area contributed by atoms with E-state index in [4.69, 9.17) is 4.42 Å². The summed E-state index contributed by atoms with van der Waals surface area (Å²) >= 11 is 0. The largest absolute Gasteiger partial charge is 0.464 e. The van der Waals surface area contributed by atoms with Gasteiger partial charge < -0.3 is 19.1 Å². The van der Waals surface area contributed by atoms with Gasteiger partial charge in [-0.25, -0.2) is 9.97 Å². The average molecular weight is 338 g/mol. The second kappa shape index (κ2) is 6.23. The van der Waals surface area contributed by atoms with Gasteiger partial charge in [-0.1, -0.05) is 0 Å². The third-order valence-electron chi connectivity index (χ3n) is 4.49. The summed E-state index contributed by atoms with van der Waals surface area (Å²) in [4.78, 5) is 20.3. The van der Waals surface area contributed by atoms with Gasteiger partial charge in [-0.05, 0) is 19.1 Å². The molecule has 0 N–H and O–H groups in total. The van der Waals surface area contributed by atoms with Gasteiger partial charge in [-0.15, -0.1) is 0 Å². The lowest BCUT2D eigenvalue weighted by molar-refractivity contribution is 0.614. The first-order chi connectivity index (χ1) is 12.1. The van der Waals surface area contributed by atoms with Crippen LogP contribution < -0.4 is 14.7 Å². The highest BCUT2D eigenvalue weighted by molar-refractivity contribution is 5.88. The van der Waals surface area contributed by atoms with Crippen LogP contribution in [0.25, 0.3) is 11.0 Å². The van der Waals surface area contributed by atoms with Gasteiger partial charge in [0.2, 0.25) is 5.95 Å². The third kappa shape index (κ3) is 2.97. The molecule has 0 spiro atoms. The third-order valence-corrected chi connectivity index (χ3v) is 4.49. The average Bonchev–Trinajstić information content (AvgIpc) is 3.10. The molecule has 0 saturated carbocycles. The minimum atomic E-state index is 0.752. The summed E-state index contributed by atoms with van der Waals surface area (Å²) in [6, 6.07) is 5.94. The van der Waals surface area contributed by atoms with Crippen molar-refractivity contribution in [2.24, 2.45) is 0 Å². The molecule has 1 aliphatic rings.